The third kappa shape index (κ3) is 4.69. The number of benzene rings is 3. The minimum atomic E-state index is -0.508. The Balaban J connectivity index is 1.41. The Morgan fingerprint density at radius 3 is 2.18 bits per heavy atom. The zero-order valence-corrected chi connectivity index (χ0v) is 18.9. The molecule has 0 bridgehead atoms. The van der Waals surface area contributed by atoms with Crippen LogP contribution < -0.4 is 0 Å². The molecule has 5 nitrogen and oxygen atoms in total. The van der Waals surface area contributed by atoms with Crippen LogP contribution in [0.4, 0.5) is 0 Å². The van der Waals surface area contributed by atoms with Crippen molar-refractivity contribution in [2.24, 2.45) is 0 Å². The highest BCUT2D eigenvalue weighted by Crippen LogP contribution is 2.28. The van der Waals surface area contributed by atoms with Crippen LogP contribution in [0.3, 0.4) is 0 Å². The van der Waals surface area contributed by atoms with Gasteiger partial charge in [-0.3, -0.25) is 4.79 Å². The molecule has 1 aliphatic heterocycles. The Bertz CT molecular complexity index is 1310. The van der Waals surface area contributed by atoms with Gasteiger partial charge in [-0.1, -0.05) is 72.8 Å². The molecule has 0 N–H and O–H groups in total. The topological polar surface area (TPSA) is 59.5 Å². The van der Waals surface area contributed by atoms with Crippen molar-refractivity contribution in [2.75, 3.05) is 19.7 Å². The largest absolute Gasteiger partial charge is 0.452 e. The molecule has 0 aliphatic carbocycles. The van der Waals surface area contributed by atoms with E-state index in [4.69, 9.17) is 9.72 Å². The van der Waals surface area contributed by atoms with Crippen molar-refractivity contribution in [2.45, 2.75) is 19.3 Å². The summed E-state index contributed by atoms with van der Waals surface area (Å²) in [6.45, 7) is 1.23. The van der Waals surface area contributed by atoms with Crippen LogP contribution >= 0.6 is 0 Å². The third-order valence-corrected chi connectivity index (χ3v) is 6.26. The number of piperidine rings is 1. The number of hydrogen-bond donors (Lipinski definition) is 0. The average Bonchev–Trinajstić information content (AvgIpc) is 2.92. The molecule has 3 aromatic carbocycles. The van der Waals surface area contributed by atoms with Crippen LogP contribution in [0.5, 0.6) is 0 Å². The summed E-state index contributed by atoms with van der Waals surface area (Å²) in [5, 5.41) is 0.711. The Morgan fingerprint density at radius 1 is 0.765 bits per heavy atom. The molecule has 1 aliphatic rings. The van der Waals surface area contributed by atoms with Crippen LogP contribution in [-0.2, 0) is 9.53 Å². The quantitative estimate of drug-likeness (QED) is 0.364. The number of hydrogen-bond acceptors (Lipinski definition) is 4. The van der Waals surface area contributed by atoms with Gasteiger partial charge in [-0.05, 0) is 42.5 Å². The number of esters is 1. The van der Waals surface area contributed by atoms with Crippen molar-refractivity contribution in [1.29, 1.82) is 0 Å². The Labute approximate surface area is 199 Å². The Hall–Kier alpha value is -3.99. The summed E-state index contributed by atoms with van der Waals surface area (Å²) in [5.74, 6) is -0.644. The fourth-order valence-electron chi connectivity index (χ4n) is 4.40. The second-order valence-electron chi connectivity index (χ2n) is 8.53. The number of rotatable bonds is 5. The fourth-order valence-corrected chi connectivity index (χ4v) is 4.40. The number of amides is 1. The fraction of sp³-hybridized carbons (Fsp3) is 0.207. The van der Waals surface area contributed by atoms with Crippen LogP contribution in [0.2, 0.25) is 0 Å². The lowest BCUT2D eigenvalue weighted by Crippen LogP contribution is -2.38. The monoisotopic (exact) mass is 450 g/mol. The standard InChI is InChI=1S/C29H26N2O3/c32-28(31-17-7-2-8-18-31)20-34-29(33)25-19-27(30-26-12-6-5-11-24(25)26)23-15-13-22(14-16-23)21-9-3-1-4-10-21/h1,3-6,9-16,19H,2,7-8,17-18,20H2. The maximum Gasteiger partial charge on any atom is 0.339 e. The first-order valence-corrected chi connectivity index (χ1v) is 11.7. The minimum Gasteiger partial charge on any atom is -0.452 e. The summed E-state index contributed by atoms with van der Waals surface area (Å²) in [6.07, 6.45) is 3.14. The molecule has 5 rings (SSSR count). The minimum absolute atomic E-state index is 0.136. The number of fused-ring (bicyclic) bond motifs is 1. The van der Waals surface area contributed by atoms with Gasteiger partial charge in [0.1, 0.15) is 0 Å². The van der Waals surface area contributed by atoms with E-state index >= 15 is 0 Å². The van der Waals surface area contributed by atoms with E-state index in [2.05, 4.69) is 24.3 Å². The molecular weight excluding hydrogens is 424 g/mol. The van der Waals surface area contributed by atoms with Gasteiger partial charge in [0.25, 0.3) is 5.91 Å². The van der Waals surface area contributed by atoms with Crippen molar-refractivity contribution in [3.63, 3.8) is 0 Å². The molecule has 0 unspecified atom stereocenters. The SMILES string of the molecule is O=C(OCC(=O)N1CCCCC1)c1cc(-c2ccc(-c3ccccc3)cc2)nc2ccccc12. The maximum atomic E-state index is 13.0. The lowest BCUT2D eigenvalue weighted by Gasteiger charge is -2.26. The zero-order valence-electron chi connectivity index (χ0n) is 18.9. The number of carbonyl (C=O) groups is 2. The summed E-state index contributed by atoms with van der Waals surface area (Å²) in [6, 6.07) is 27.6. The molecule has 0 atom stereocenters. The van der Waals surface area contributed by atoms with E-state index in [0.717, 1.165) is 49.0 Å². The molecule has 1 saturated heterocycles. The van der Waals surface area contributed by atoms with Gasteiger partial charge in [0, 0.05) is 24.0 Å². The number of carbonyl (C=O) groups excluding carboxylic acids is 2. The van der Waals surface area contributed by atoms with E-state index in [1.54, 1.807) is 11.0 Å². The molecule has 0 radical (unpaired) electrons. The highest BCUT2D eigenvalue weighted by atomic mass is 16.5. The first-order chi connectivity index (χ1) is 16.7. The second-order valence-corrected chi connectivity index (χ2v) is 8.53. The van der Waals surface area contributed by atoms with Crippen molar-refractivity contribution < 1.29 is 14.3 Å². The number of nitrogens with zero attached hydrogens (tertiary/aromatic N) is 2. The average molecular weight is 451 g/mol. The first kappa shape index (κ1) is 21.8. The van der Waals surface area contributed by atoms with Gasteiger partial charge in [0.15, 0.2) is 6.61 Å². The summed E-state index contributed by atoms with van der Waals surface area (Å²) in [4.78, 5) is 32.1. The molecule has 1 amide bonds. The number of ether oxygens (including phenoxy) is 1. The summed E-state index contributed by atoms with van der Waals surface area (Å²) in [5.41, 5.74) is 4.97. The molecule has 170 valence electrons. The predicted molar refractivity (Wildman–Crippen MR) is 133 cm³/mol. The number of para-hydroxylation sites is 1. The van der Waals surface area contributed by atoms with E-state index in [1.165, 1.54) is 0 Å². The lowest BCUT2D eigenvalue weighted by atomic mass is 10.0. The molecule has 0 spiro atoms. The van der Waals surface area contributed by atoms with Crippen LogP contribution in [0.15, 0.2) is 84.9 Å². The Morgan fingerprint density at radius 2 is 1.41 bits per heavy atom. The number of pyridine rings is 1. The van der Waals surface area contributed by atoms with Crippen molar-refractivity contribution in [3.8, 4) is 22.4 Å². The van der Waals surface area contributed by atoms with Crippen LogP contribution in [0.25, 0.3) is 33.3 Å². The summed E-state index contributed by atoms with van der Waals surface area (Å²) >= 11 is 0. The molecular formula is C29H26N2O3. The van der Waals surface area contributed by atoms with E-state index in [1.807, 2.05) is 54.6 Å². The molecule has 0 saturated carbocycles. The zero-order chi connectivity index (χ0) is 23.3. The predicted octanol–water partition coefficient (Wildman–Crippen LogP) is 5.74. The molecule has 1 fully saturated rings. The van der Waals surface area contributed by atoms with E-state index in [-0.39, 0.29) is 12.5 Å². The molecule has 1 aromatic heterocycles. The van der Waals surface area contributed by atoms with Gasteiger partial charge in [-0.15, -0.1) is 0 Å². The highest BCUT2D eigenvalue weighted by Gasteiger charge is 2.20. The number of likely N-dealkylation sites (tertiary alicyclic amines) is 1. The van der Waals surface area contributed by atoms with Gasteiger partial charge in [-0.2, -0.15) is 0 Å². The van der Waals surface area contributed by atoms with Gasteiger partial charge >= 0.3 is 5.97 Å². The van der Waals surface area contributed by atoms with Gasteiger partial charge in [0.05, 0.1) is 16.8 Å². The van der Waals surface area contributed by atoms with Crippen LogP contribution in [0.1, 0.15) is 29.6 Å². The van der Waals surface area contributed by atoms with Gasteiger partial charge in [-0.25, -0.2) is 9.78 Å². The summed E-state index contributed by atoms with van der Waals surface area (Å²) < 4.78 is 5.46. The first-order valence-electron chi connectivity index (χ1n) is 11.7. The normalized spacial score (nSPS) is 13.6. The maximum absolute atomic E-state index is 13.0. The highest BCUT2D eigenvalue weighted by molar-refractivity contribution is 6.05. The van der Waals surface area contributed by atoms with Crippen LogP contribution in [0, 0.1) is 0 Å². The number of aromatic nitrogens is 1. The Kier molecular flexibility index (Phi) is 6.34. The molecule has 5 heteroatoms. The van der Waals surface area contributed by atoms with Crippen molar-refractivity contribution in [3.05, 3.63) is 90.5 Å². The smallest absolute Gasteiger partial charge is 0.339 e. The van der Waals surface area contributed by atoms with E-state index in [9.17, 15) is 9.59 Å². The second kappa shape index (κ2) is 9.87. The molecule has 34 heavy (non-hydrogen) atoms. The van der Waals surface area contributed by atoms with Crippen LogP contribution in [-0.4, -0.2) is 41.5 Å². The molecule has 2 heterocycles. The lowest BCUT2D eigenvalue weighted by molar-refractivity contribution is -0.135. The van der Waals surface area contributed by atoms with Crippen molar-refractivity contribution in [1.82, 2.24) is 9.88 Å². The van der Waals surface area contributed by atoms with Gasteiger partial charge < -0.3 is 9.64 Å². The van der Waals surface area contributed by atoms with E-state index in [0.29, 0.717) is 22.2 Å². The van der Waals surface area contributed by atoms with E-state index < -0.39 is 5.97 Å². The third-order valence-electron chi connectivity index (χ3n) is 6.26. The van der Waals surface area contributed by atoms with Gasteiger partial charge in [0.2, 0.25) is 0 Å². The van der Waals surface area contributed by atoms with Crippen molar-refractivity contribution >= 4 is 22.8 Å². The molecule has 4 aromatic rings. The summed E-state index contributed by atoms with van der Waals surface area (Å²) in [7, 11) is 0.